The fraction of sp³-hybridized carbons (Fsp3) is 0.182. The van der Waals surface area contributed by atoms with Gasteiger partial charge >= 0.3 is 0 Å². The zero-order valence-electron chi connectivity index (χ0n) is 16.0. The van der Waals surface area contributed by atoms with Crippen molar-refractivity contribution in [3.63, 3.8) is 0 Å². The molecule has 7 heteroatoms. The molecular formula is C22H22FN5O. The third kappa shape index (κ3) is 4.20. The lowest BCUT2D eigenvalue weighted by Gasteiger charge is -2.15. The fourth-order valence-electron chi connectivity index (χ4n) is 3.15. The molecule has 0 bridgehead atoms. The molecule has 1 atom stereocenters. The zero-order chi connectivity index (χ0) is 20.2. The van der Waals surface area contributed by atoms with Crippen LogP contribution < -0.4 is 15.8 Å². The van der Waals surface area contributed by atoms with Crippen molar-refractivity contribution in [3.8, 4) is 17.0 Å². The van der Waals surface area contributed by atoms with Gasteiger partial charge in [0.05, 0.1) is 17.9 Å². The highest BCUT2D eigenvalue weighted by Crippen LogP contribution is 2.25. The van der Waals surface area contributed by atoms with E-state index in [1.165, 1.54) is 12.1 Å². The van der Waals surface area contributed by atoms with Crippen molar-refractivity contribution in [3.05, 3.63) is 78.2 Å². The quantitative estimate of drug-likeness (QED) is 0.497. The Labute approximate surface area is 168 Å². The topological polar surface area (TPSA) is 77.5 Å². The van der Waals surface area contributed by atoms with Crippen LogP contribution in [0.4, 0.5) is 10.2 Å². The summed E-state index contributed by atoms with van der Waals surface area (Å²) in [6.07, 6.45) is 1.78. The molecule has 4 rings (SSSR count). The summed E-state index contributed by atoms with van der Waals surface area (Å²) in [4.78, 5) is 4.44. The van der Waals surface area contributed by atoms with Crippen LogP contribution in [0.5, 0.6) is 5.75 Å². The number of hydrogen-bond acceptors (Lipinski definition) is 5. The molecule has 6 nitrogen and oxygen atoms in total. The summed E-state index contributed by atoms with van der Waals surface area (Å²) < 4.78 is 20.9. The van der Waals surface area contributed by atoms with E-state index in [-0.39, 0.29) is 11.9 Å². The van der Waals surface area contributed by atoms with Crippen LogP contribution in [0.2, 0.25) is 0 Å². The number of hydrogen-bond donors (Lipinski definition) is 2. The number of nitrogens with zero attached hydrogens (tertiary/aromatic N) is 3. The molecule has 2 heterocycles. The number of benzene rings is 2. The van der Waals surface area contributed by atoms with Gasteiger partial charge in [0.2, 0.25) is 0 Å². The number of imidazole rings is 1. The van der Waals surface area contributed by atoms with Crippen molar-refractivity contribution in [2.24, 2.45) is 5.73 Å². The van der Waals surface area contributed by atoms with Crippen molar-refractivity contribution >= 4 is 11.5 Å². The predicted molar refractivity (Wildman–Crippen MR) is 111 cm³/mol. The average molecular weight is 391 g/mol. The first-order chi connectivity index (χ1) is 14.1. The molecule has 0 unspecified atom stereocenters. The second kappa shape index (κ2) is 8.28. The molecule has 0 saturated carbocycles. The van der Waals surface area contributed by atoms with Gasteiger partial charge < -0.3 is 15.8 Å². The Morgan fingerprint density at radius 3 is 2.83 bits per heavy atom. The standard InChI is InChI=1S/C22H22FN5O/c1-15(16-4-2-6-18(23)12-16)26-21-8-9-22-25-14-20(28(22)27-21)17-5-3-7-19(13-17)29-11-10-24/h2-9,12-15H,10-11,24H2,1H3,(H,26,27)/t15-/m1/s1. The lowest BCUT2D eigenvalue weighted by atomic mass is 10.1. The molecule has 0 aliphatic carbocycles. The fourth-order valence-corrected chi connectivity index (χ4v) is 3.15. The van der Waals surface area contributed by atoms with Crippen molar-refractivity contribution in [2.45, 2.75) is 13.0 Å². The second-order valence-corrected chi connectivity index (χ2v) is 6.72. The average Bonchev–Trinajstić information content (AvgIpc) is 3.16. The summed E-state index contributed by atoms with van der Waals surface area (Å²) in [7, 11) is 0. The van der Waals surface area contributed by atoms with E-state index in [2.05, 4.69) is 15.4 Å². The first-order valence-corrected chi connectivity index (χ1v) is 9.44. The monoisotopic (exact) mass is 391 g/mol. The third-order valence-corrected chi connectivity index (χ3v) is 4.59. The number of ether oxygens (including phenoxy) is 1. The lowest BCUT2D eigenvalue weighted by Crippen LogP contribution is -2.10. The van der Waals surface area contributed by atoms with Crippen LogP contribution in [-0.4, -0.2) is 27.7 Å². The molecule has 0 aliphatic heterocycles. The van der Waals surface area contributed by atoms with E-state index in [0.717, 1.165) is 28.2 Å². The zero-order valence-corrected chi connectivity index (χ0v) is 16.0. The SMILES string of the molecule is C[C@@H](Nc1ccc2ncc(-c3cccc(OCCN)c3)n2n1)c1cccc(F)c1. The minimum Gasteiger partial charge on any atom is -0.492 e. The molecule has 2 aromatic heterocycles. The molecule has 148 valence electrons. The second-order valence-electron chi connectivity index (χ2n) is 6.72. The molecule has 2 aromatic carbocycles. The molecule has 0 aliphatic rings. The molecule has 0 fully saturated rings. The van der Waals surface area contributed by atoms with Gasteiger partial charge in [-0.3, -0.25) is 0 Å². The first-order valence-electron chi connectivity index (χ1n) is 9.44. The summed E-state index contributed by atoms with van der Waals surface area (Å²) in [6.45, 7) is 2.88. The predicted octanol–water partition coefficient (Wildman–Crippen LogP) is 4.05. The summed E-state index contributed by atoms with van der Waals surface area (Å²) in [5.41, 5.74) is 8.88. The van der Waals surface area contributed by atoms with E-state index < -0.39 is 0 Å². The van der Waals surface area contributed by atoms with Gasteiger partial charge in [-0.25, -0.2) is 13.9 Å². The molecule has 0 saturated heterocycles. The van der Waals surface area contributed by atoms with E-state index in [0.29, 0.717) is 19.0 Å². The van der Waals surface area contributed by atoms with Crippen LogP contribution in [0.3, 0.4) is 0 Å². The van der Waals surface area contributed by atoms with Gasteiger partial charge in [0.15, 0.2) is 5.65 Å². The van der Waals surface area contributed by atoms with Gasteiger partial charge in [0.25, 0.3) is 0 Å². The number of aromatic nitrogens is 3. The van der Waals surface area contributed by atoms with E-state index in [1.807, 2.05) is 49.4 Å². The van der Waals surface area contributed by atoms with E-state index >= 15 is 0 Å². The van der Waals surface area contributed by atoms with Crippen LogP contribution in [0.25, 0.3) is 16.9 Å². The number of halogens is 1. The Balaban J connectivity index is 1.63. The van der Waals surface area contributed by atoms with Gasteiger partial charge in [0.1, 0.15) is 24.0 Å². The Bertz CT molecular complexity index is 1130. The Morgan fingerprint density at radius 1 is 1.14 bits per heavy atom. The summed E-state index contributed by atoms with van der Waals surface area (Å²) >= 11 is 0. The maximum atomic E-state index is 13.5. The van der Waals surface area contributed by atoms with Crippen LogP contribution in [0, 0.1) is 5.82 Å². The summed E-state index contributed by atoms with van der Waals surface area (Å²) in [6, 6.07) is 17.9. The van der Waals surface area contributed by atoms with Crippen LogP contribution in [-0.2, 0) is 0 Å². The van der Waals surface area contributed by atoms with E-state index in [4.69, 9.17) is 10.5 Å². The normalized spacial score (nSPS) is 12.1. The van der Waals surface area contributed by atoms with Gasteiger partial charge in [0, 0.05) is 12.1 Å². The molecule has 3 N–H and O–H groups in total. The molecule has 0 amide bonds. The van der Waals surface area contributed by atoms with Gasteiger partial charge in [-0.15, -0.1) is 5.10 Å². The van der Waals surface area contributed by atoms with Crippen LogP contribution >= 0.6 is 0 Å². The summed E-state index contributed by atoms with van der Waals surface area (Å²) in [5, 5.41) is 8.00. The largest absolute Gasteiger partial charge is 0.492 e. The highest BCUT2D eigenvalue weighted by atomic mass is 19.1. The van der Waals surface area contributed by atoms with Crippen molar-refractivity contribution in [2.75, 3.05) is 18.5 Å². The van der Waals surface area contributed by atoms with Crippen molar-refractivity contribution < 1.29 is 9.13 Å². The smallest absolute Gasteiger partial charge is 0.154 e. The number of nitrogens with two attached hydrogens (primary N) is 1. The Kier molecular flexibility index (Phi) is 5.39. The maximum Gasteiger partial charge on any atom is 0.154 e. The van der Waals surface area contributed by atoms with Crippen molar-refractivity contribution in [1.29, 1.82) is 0 Å². The number of fused-ring (bicyclic) bond motifs is 1. The Hall–Kier alpha value is -3.45. The van der Waals surface area contributed by atoms with E-state index in [9.17, 15) is 4.39 Å². The molecule has 4 aromatic rings. The molecule has 29 heavy (non-hydrogen) atoms. The summed E-state index contributed by atoms with van der Waals surface area (Å²) in [5.74, 6) is 1.16. The lowest BCUT2D eigenvalue weighted by molar-refractivity contribution is 0.328. The molecule has 0 radical (unpaired) electrons. The molecular weight excluding hydrogens is 369 g/mol. The number of rotatable bonds is 7. The highest BCUT2D eigenvalue weighted by Gasteiger charge is 2.11. The van der Waals surface area contributed by atoms with Gasteiger partial charge in [-0.05, 0) is 48.9 Å². The third-order valence-electron chi connectivity index (χ3n) is 4.59. The van der Waals surface area contributed by atoms with Crippen LogP contribution in [0.1, 0.15) is 18.5 Å². The van der Waals surface area contributed by atoms with Gasteiger partial charge in [-0.1, -0.05) is 24.3 Å². The van der Waals surface area contributed by atoms with Crippen LogP contribution in [0.15, 0.2) is 66.9 Å². The first kappa shape index (κ1) is 18.9. The Morgan fingerprint density at radius 2 is 2.00 bits per heavy atom. The molecule has 0 spiro atoms. The van der Waals surface area contributed by atoms with Crippen molar-refractivity contribution in [1.82, 2.24) is 14.6 Å². The minimum atomic E-state index is -0.256. The number of nitrogens with one attached hydrogen (secondary N) is 1. The van der Waals surface area contributed by atoms with E-state index in [1.54, 1.807) is 16.8 Å². The minimum absolute atomic E-state index is 0.101. The highest BCUT2D eigenvalue weighted by molar-refractivity contribution is 5.65. The van der Waals surface area contributed by atoms with Gasteiger partial charge in [-0.2, -0.15) is 0 Å². The maximum absolute atomic E-state index is 13.5. The number of anilines is 1.